The molecule has 0 spiro atoms. The molecule has 2 aliphatic heterocycles. The highest BCUT2D eigenvalue weighted by molar-refractivity contribution is 5.88. The summed E-state index contributed by atoms with van der Waals surface area (Å²) in [6, 6.07) is -0.692. The molecular weight excluding hydrogens is 220 g/mol. The van der Waals surface area contributed by atoms with Crippen LogP contribution >= 0.6 is 0 Å². The zero-order chi connectivity index (χ0) is 12.4. The highest BCUT2D eigenvalue weighted by atomic mass is 16.5. The van der Waals surface area contributed by atoms with E-state index >= 15 is 0 Å². The van der Waals surface area contributed by atoms with Gasteiger partial charge in [0.05, 0.1) is 13.2 Å². The van der Waals surface area contributed by atoms with E-state index in [1.165, 1.54) is 7.11 Å². The van der Waals surface area contributed by atoms with E-state index in [-0.39, 0.29) is 17.9 Å². The highest BCUT2D eigenvalue weighted by Crippen LogP contribution is 2.31. The third-order valence-corrected chi connectivity index (χ3v) is 3.85. The number of esters is 1. The fourth-order valence-electron chi connectivity index (χ4n) is 2.93. The van der Waals surface area contributed by atoms with Crippen LogP contribution in [0.2, 0.25) is 0 Å². The zero-order valence-corrected chi connectivity index (χ0v) is 10.2. The molecule has 3 atom stereocenters. The molecule has 2 aliphatic rings. The zero-order valence-electron chi connectivity index (χ0n) is 10.2. The molecule has 0 bridgehead atoms. The van der Waals surface area contributed by atoms with Crippen LogP contribution in [-0.4, -0.2) is 42.0 Å². The van der Waals surface area contributed by atoms with Gasteiger partial charge in [0.15, 0.2) is 0 Å². The maximum absolute atomic E-state index is 12.2. The lowest BCUT2D eigenvalue weighted by molar-refractivity contribution is -0.153. The van der Waals surface area contributed by atoms with Crippen molar-refractivity contribution >= 4 is 11.9 Å². The number of hydrogen-bond acceptors (Lipinski definition) is 4. The molecule has 2 fully saturated rings. The van der Waals surface area contributed by atoms with E-state index in [2.05, 4.69) is 0 Å². The number of hydrogen-bond donors (Lipinski definition) is 1. The van der Waals surface area contributed by atoms with Gasteiger partial charge in [-0.15, -0.1) is 0 Å². The summed E-state index contributed by atoms with van der Waals surface area (Å²) in [5.74, 6) is -0.392. The normalized spacial score (nSPS) is 33.9. The van der Waals surface area contributed by atoms with Gasteiger partial charge in [0, 0.05) is 6.04 Å². The molecule has 2 saturated heterocycles. The van der Waals surface area contributed by atoms with E-state index in [1.54, 1.807) is 4.90 Å². The number of nitrogens with two attached hydrogens (primary N) is 1. The third kappa shape index (κ3) is 2.29. The fraction of sp³-hybridized carbons (Fsp3) is 0.833. The molecule has 0 unspecified atom stereocenters. The standard InChI is InChI=1S/C12H20N2O3/c1-17-12(16)10-7-6-8-4-2-3-5-9(13)11(15)14(8)10/h8-10H,2-7,13H2,1H3/t8-,9-,10-/m0/s1. The van der Waals surface area contributed by atoms with E-state index < -0.39 is 12.1 Å². The highest BCUT2D eigenvalue weighted by Gasteiger charge is 2.43. The molecule has 17 heavy (non-hydrogen) atoms. The predicted octanol–water partition coefficient (Wildman–Crippen LogP) is 0.420. The van der Waals surface area contributed by atoms with Crippen LogP contribution in [0.1, 0.15) is 38.5 Å². The van der Waals surface area contributed by atoms with Crippen molar-refractivity contribution in [3.63, 3.8) is 0 Å². The summed E-state index contributed by atoms with van der Waals surface area (Å²) in [4.78, 5) is 25.6. The van der Waals surface area contributed by atoms with Crippen LogP contribution in [0.4, 0.5) is 0 Å². The fourth-order valence-corrected chi connectivity index (χ4v) is 2.93. The predicted molar refractivity (Wildman–Crippen MR) is 62.1 cm³/mol. The largest absolute Gasteiger partial charge is 0.467 e. The van der Waals surface area contributed by atoms with Gasteiger partial charge < -0.3 is 15.4 Å². The van der Waals surface area contributed by atoms with Crippen molar-refractivity contribution in [1.82, 2.24) is 4.90 Å². The van der Waals surface area contributed by atoms with Crippen LogP contribution < -0.4 is 5.73 Å². The van der Waals surface area contributed by atoms with Gasteiger partial charge in [-0.1, -0.05) is 12.8 Å². The minimum atomic E-state index is -0.456. The number of methoxy groups -OCH3 is 1. The van der Waals surface area contributed by atoms with Crippen molar-refractivity contribution in [2.75, 3.05) is 7.11 Å². The summed E-state index contributed by atoms with van der Waals surface area (Å²) in [6.45, 7) is 0. The Labute approximate surface area is 101 Å². The molecule has 5 nitrogen and oxygen atoms in total. The number of ether oxygens (including phenoxy) is 1. The lowest BCUT2D eigenvalue weighted by atomic mass is 9.99. The Bertz CT molecular complexity index is 319. The molecule has 2 rings (SSSR count). The topological polar surface area (TPSA) is 72.6 Å². The van der Waals surface area contributed by atoms with Gasteiger partial charge in [0.1, 0.15) is 6.04 Å². The number of nitrogens with zero attached hydrogens (tertiary/aromatic N) is 1. The third-order valence-electron chi connectivity index (χ3n) is 3.85. The van der Waals surface area contributed by atoms with Crippen LogP contribution in [0.3, 0.4) is 0 Å². The van der Waals surface area contributed by atoms with Crippen LogP contribution in [0, 0.1) is 0 Å². The van der Waals surface area contributed by atoms with Crippen LogP contribution in [-0.2, 0) is 14.3 Å². The van der Waals surface area contributed by atoms with Crippen molar-refractivity contribution in [2.24, 2.45) is 5.73 Å². The SMILES string of the molecule is COC(=O)[C@@H]1CC[C@@H]2CCCC[C@H](N)C(=O)N21. The molecule has 5 heteroatoms. The van der Waals surface area contributed by atoms with Gasteiger partial charge in [-0.3, -0.25) is 4.79 Å². The van der Waals surface area contributed by atoms with Gasteiger partial charge in [-0.2, -0.15) is 0 Å². The summed E-state index contributed by atoms with van der Waals surface area (Å²) >= 11 is 0. The first-order valence-corrected chi connectivity index (χ1v) is 6.30. The molecular formula is C12H20N2O3. The molecule has 0 radical (unpaired) electrons. The summed E-state index contributed by atoms with van der Waals surface area (Å²) < 4.78 is 4.77. The van der Waals surface area contributed by atoms with Gasteiger partial charge in [0.25, 0.3) is 0 Å². The average Bonchev–Trinajstić information content (AvgIpc) is 2.74. The second-order valence-corrected chi connectivity index (χ2v) is 4.91. The molecule has 1 amide bonds. The van der Waals surface area contributed by atoms with Crippen molar-refractivity contribution in [2.45, 2.75) is 56.7 Å². The Morgan fingerprint density at radius 1 is 1.29 bits per heavy atom. The summed E-state index contributed by atoms with van der Waals surface area (Å²) in [7, 11) is 1.37. The Hall–Kier alpha value is -1.10. The van der Waals surface area contributed by atoms with E-state index in [1.807, 2.05) is 0 Å². The average molecular weight is 240 g/mol. The number of carbonyl (C=O) groups is 2. The number of fused-ring (bicyclic) bond motifs is 1. The molecule has 2 N–H and O–H groups in total. The van der Waals surface area contributed by atoms with Crippen LogP contribution in [0.5, 0.6) is 0 Å². The first-order valence-electron chi connectivity index (χ1n) is 6.30. The summed E-state index contributed by atoms with van der Waals surface area (Å²) in [5, 5.41) is 0. The van der Waals surface area contributed by atoms with Gasteiger partial charge in [0.2, 0.25) is 5.91 Å². The lowest BCUT2D eigenvalue weighted by Gasteiger charge is -2.33. The van der Waals surface area contributed by atoms with Crippen molar-refractivity contribution < 1.29 is 14.3 Å². The molecule has 2 heterocycles. The van der Waals surface area contributed by atoms with Gasteiger partial charge in [-0.05, 0) is 25.7 Å². The Kier molecular flexibility index (Phi) is 3.66. The first-order chi connectivity index (χ1) is 8.15. The van der Waals surface area contributed by atoms with Crippen molar-refractivity contribution in [3.05, 3.63) is 0 Å². The second kappa shape index (κ2) is 5.04. The summed E-state index contributed by atoms with van der Waals surface area (Å²) in [5.41, 5.74) is 5.86. The number of carbonyl (C=O) groups excluding carboxylic acids is 2. The Morgan fingerprint density at radius 2 is 2.00 bits per heavy atom. The number of amides is 1. The summed E-state index contributed by atoms with van der Waals surface area (Å²) in [6.07, 6.45) is 5.37. The maximum atomic E-state index is 12.2. The maximum Gasteiger partial charge on any atom is 0.328 e. The van der Waals surface area contributed by atoms with Crippen LogP contribution in [0.15, 0.2) is 0 Å². The number of rotatable bonds is 1. The monoisotopic (exact) mass is 240 g/mol. The van der Waals surface area contributed by atoms with E-state index in [0.717, 1.165) is 32.1 Å². The van der Waals surface area contributed by atoms with Gasteiger partial charge in [-0.25, -0.2) is 4.79 Å². The molecule has 0 aromatic carbocycles. The Morgan fingerprint density at radius 3 is 2.71 bits per heavy atom. The minimum absolute atomic E-state index is 0.0809. The van der Waals surface area contributed by atoms with Crippen molar-refractivity contribution in [1.29, 1.82) is 0 Å². The van der Waals surface area contributed by atoms with E-state index in [0.29, 0.717) is 6.42 Å². The molecule has 0 aromatic rings. The lowest BCUT2D eigenvalue weighted by Crippen LogP contribution is -2.52. The molecule has 0 aromatic heterocycles. The Balaban J connectivity index is 2.19. The second-order valence-electron chi connectivity index (χ2n) is 4.91. The quantitative estimate of drug-likeness (QED) is 0.674. The first kappa shape index (κ1) is 12.4. The van der Waals surface area contributed by atoms with Gasteiger partial charge >= 0.3 is 5.97 Å². The van der Waals surface area contributed by atoms with E-state index in [4.69, 9.17) is 10.5 Å². The molecule has 0 aliphatic carbocycles. The smallest absolute Gasteiger partial charge is 0.328 e. The molecule has 96 valence electrons. The van der Waals surface area contributed by atoms with E-state index in [9.17, 15) is 9.59 Å². The minimum Gasteiger partial charge on any atom is -0.467 e. The van der Waals surface area contributed by atoms with Crippen molar-refractivity contribution in [3.8, 4) is 0 Å². The molecule has 0 saturated carbocycles. The van der Waals surface area contributed by atoms with Crippen LogP contribution in [0.25, 0.3) is 0 Å².